The van der Waals surface area contributed by atoms with Crippen LogP contribution in [0, 0.1) is 0 Å². The molecule has 0 radical (unpaired) electrons. The summed E-state index contributed by atoms with van der Waals surface area (Å²) in [5, 5.41) is 10.0. The number of carbonyl (C=O) groups excluding carboxylic acids is 2. The maximum absolute atomic E-state index is 12.1. The summed E-state index contributed by atoms with van der Waals surface area (Å²) >= 11 is 0. The highest BCUT2D eigenvalue weighted by Gasteiger charge is 2.36. The lowest BCUT2D eigenvalue weighted by Crippen LogP contribution is -2.35. The molecular formula is C12H13N3O5S. The molecule has 2 N–H and O–H groups in total. The lowest BCUT2D eigenvalue weighted by molar-refractivity contribution is -0.117. The van der Waals surface area contributed by atoms with Crippen molar-refractivity contribution in [2.75, 3.05) is 24.4 Å². The van der Waals surface area contributed by atoms with E-state index in [1.807, 2.05) is 4.72 Å². The van der Waals surface area contributed by atoms with E-state index >= 15 is 0 Å². The van der Waals surface area contributed by atoms with Crippen LogP contribution in [0.1, 0.15) is 15.9 Å². The number of fused-ring (bicyclic) bond motifs is 1. The van der Waals surface area contributed by atoms with E-state index < -0.39 is 22.7 Å². The monoisotopic (exact) mass is 311 g/mol. The molecule has 0 aromatic heterocycles. The number of nitrogens with one attached hydrogen (secondary N) is 1. The van der Waals surface area contributed by atoms with E-state index in [1.54, 1.807) is 7.05 Å². The molecule has 9 heteroatoms. The van der Waals surface area contributed by atoms with Crippen molar-refractivity contribution in [2.24, 2.45) is 0 Å². The van der Waals surface area contributed by atoms with Crippen molar-refractivity contribution in [3.63, 3.8) is 0 Å². The molecule has 0 bridgehead atoms. The summed E-state index contributed by atoms with van der Waals surface area (Å²) in [5.74, 6) is -1.20. The fourth-order valence-corrected chi connectivity index (χ4v) is 3.64. The Bertz CT molecular complexity index is 758. The number of benzene rings is 1. The predicted molar refractivity (Wildman–Crippen MR) is 73.2 cm³/mol. The van der Waals surface area contributed by atoms with Crippen molar-refractivity contribution in [1.29, 1.82) is 0 Å². The second kappa shape index (κ2) is 4.35. The van der Waals surface area contributed by atoms with Crippen LogP contribution in [0.5, 0.6) is 5.75 Å². The number of carbonyl (C=O) groups is 2. The quantitative estimate of drug-likeness (QED) is 0.706. The molecule has 0 atom stereocenters. The summed E-state index contributed by atoms with van der Waals surface area (Å²) in [6.45, 7) is 0.116. The highest BCUT2D eigenvalue weighted by atomic mass is 32.2. The Balaban J connectivity index is 2.13. The van der Waals surface area contributed by atoms with Crippen LogP contribution in [-0.2, 0) is 21.4 Å². The Morgan fingerprint density at radius 2 is 2.00 bits per heavy atom. The molecular weight excluding hydrogens is 298 g/mol. The van der Waals surface area contributed by atoms with Gasteiger partial charge in [-0.3, -0.25) is 9.59 Å². The van der Waals surface area contributed by atoms with Crippen LogP contribution in [0.2, 0.25) is 0 Å². The molecule has 2 aliphatic heterocycles. The van der Waals surface area contributed by atoms with Crippen molar-refractivity contribution >= 4 is 27.7 Å². The Hall–Kier alpha value is -2.29. The van der Waals surface area contributed by atoms with E-state index in [1.165, 1.54) is 17.0 Å². The average molecular weight is 311 g/mol. The zero-order valence-electron chi connectivity index (χ0n) is 11.2. The number of phenols is 1. The van der Waals surface area contributed by atoms with Gasteiger partial charge in [0.2, 0.25) is 0 Å². The molecule has 112 valence electrons. The fourth-order valence-electron chi connectivity index (χ4n) is 2.48. The molecule has 0 aliphatic carbocycles. The number of likely N-dealkylation sites (N-methyl/N-ethyl adjacent to an activating group) is 1. The Morgan fingerprint density at radius 1 is 1.29 bits per heavy atom. The van der Waals surface area contributed by atoms with Gasteiger partial charge in [-0.25, -0.2) is 9.03 Å². The zero-order valence-corrected chi connectivity index (χ0v) is 12.0. The van der Waals surface area contributed by atoms with E-state index in [9.17, 15) is 23.1 Å². The number of anilines is 1. The third-order valence-electron chi connectivity index (χ3n) is 3.58. The second-order valence-electron chi connectivity index (χ2n) is 5.01. The molecule has 1 aromatic rings. The molecule has 2 amide bonds. The first-order valence-corrected chi connectivity index (χ1v) is 7.68. The van der Waals surface area contributed by atoms with Gasteiger partial charge in [0.25, 0.3) is 11.8 Å². The molecule has 21 heavy (non-hydrogen) atoms. The summed E-state index contributed by atoms with van der Waals surface area (Å²) in [4.78, 5) is 24.9. The summed E-state index contributed by atoms with van der Waals surface area (Å²) in [7, 11) is -2.37. The minimum absolute atomic E-state index is 0.0734. The number of amides is 2. The van der Waals surface area contributed by atoms with Gasteiger partial charge in [-0.1, -0.05) is 0 Å². The van der Waals surface area contributed by atoms with Crippen molar-refractivity contribution in [3.8, 4) is 5.75 Å². The maximum atomic E-state index is 12.1. The Kier molecular flexibility index (Phi) is 2.84. The molecule has 1 aromatic carbocycles. The van der Waals surface area contributed by atoms with Crippen LogP contribution < -0.4 is 9.03 Å². The minimum Gasteiger partial charge on any atom is -0.506 e. The highest BCUT2D eigenvalue weighted by Crippen LogP contribution is 2.35. The summed E-state index contributed by atoms with van der Waals surface area (Å²) in [6.07, 6.45) is 0.579. The van der Waals surface area contributed by atoms with Gasteiger partial charge in [0.15, 0.2) is 0 Å². The molecule has 1 saturated heterocycles. The first-order chi connectivity index (χ1) is 9.79. The molecule has 1 fully saturated rings. The number of nitrogens with zero attached hydrogens (tertiary/aromatic N) is 2. The van der Waals surface area contributed by atoms with E-state index in [0.29, 0.717) is 24.1 Å². The second-order valence-corrected chi connectivity index (χ2v) is 6.61. The first-order valence-electron chi connectivity index (χ1n) is 6.24. The number of rotatable bonds is 1. The van der Waals surface area contributed by atoms with Gasteiger partial charge in [-0.15, -0.1) is 0 Å². The first kappa shape index (κ1) is 13.7. The predicted octanol–water partition coefficient (Wildman–Crippen LogP) is -0.799. The van der Waals surface area contributed by atoms with E-state index in [2.05, 4.69) is 0 Å². The van der Waals surface area contributed by atoms with Crippen LogP contribution in [0.4, 0.5) is 5.69 Å². The van der Waals surface area contributed by atoms with Gasteiger partial charge in [0.1, 0.15) is 12.3 Å². The smallest absolute Gasteiger partial charge is 0.326 e. The lowest BCUT2D eigenvalue weighted by atomic mass is 9.98. The highest BCUT2D eigenvalue weighted by molar-refractivity contribution is 7.92. The number of aromatic hydroxyl groups is 1. The molecule has 8 nitrogen and oxygen atoms in total. The Morgan fingerprint density at radius 3 is 2.62 bits per heavy atom. The topological polar surface area (TPSA) is 107 Å². The SMILES string of the molecule is CN1CCc2cc(O)c(N3CC(=O)NS3(=O)=O)cc2C1=O. The van der Waals surface area contributed by atoms with E-state index in [-0.39, 0.29) is 17.3 Å². The number of phenolic OH excluding ortho intramolecular Hbond substituents is 1. The summed E-state index contributed by atoms with van der Waals surface area (Å²) in [5.41, 5.74) is 0.928. The van der Waals surface area contributed by atoms with Gasteiger partial charge in [-0.2, -0.15) is 8.42 Å². The van der Waals surface area contributed by atoms with Crippen LogP contribution in [0.3, 0.4) is 0 Å². The van der Waals surface area contributed by atoms with Gasteiger partial charge in [-0.05, 0) is 24.1 Å². The molecule has 0 unspecified atom stereocenters. The van der Waals surface area contributed by atoms with Crippen LogP contribution in [-0.4, -0.2) is 50.4 Å². The molecule has 3 rings (SSSR count). The van der Waals surface area contributed by atoms with Crippen LogP contribution >= 0.6 is 0 Å². The summed E-state index contributed by atoms with van der Waals surface area (Å²) < 4.78 is 26.2. The van der Waals surface area contributed by atoms with Crippen LogP contribution in [0.25, 0.3) is 0 Å². The molecule has 2 aliphatic rings. The maximum Gasteiger partial charge on any atom is 0.326 e. The zero-order chi connectivity index (χ0) is 15.4. The van der Waals surface area contributed by atoms with Gasteiger partial charge >= 0.3 is 10.2 Å². The fraction of sp³-hybridized carbons (Fsp3) is 0.333. The third kappa shape index (κ3) is 2.09. The third-order valence-corrected chi connectivity index (χ3v) is 4.97. The van der Waals surface area contributed by atoms with Crippen molar-refractivity contribution in [2.45, 2.75) is 6.42 Å². The van der Waals surface area contributed by atoms with Gasteiger partial charge in [0, 0.05) is 19.2 Å². The normalized spacial score (nSPS) is 20.4. The van der Waals surface area contributed by atoms with Crippen molar-refractivity contribution in [1.82, 2.24) is 9.62 Å². The minimum atomic E-state index is -4.02. The Labute approximate surface area is 121 Å². The largest absolute Gasteiger partial charge is 0.506 e. The number of hydrogen-bond acceptors (Lipinski definition) is 5. The van der Waals surface area contributed by atoms with Crippen molar-refractivity contribution < 1.29 is 23.1 Å². The molecule has 0 spiro atoms. The van der Waals surface area contributed by atoms with Crippen LogP contribution in [0.15, 0.2) is 12.1 Å². The molecule has 2 heterocycles. The van der Waals surface area contributed by atoms with Crippen molar-refractivity contribution in [3.05, 3.63) is 23.3 Å². The number of hydrogen-bond donors (Lipinski definition) is 2. The molecule has 0 saturated carbocycles. The van der Waals surface area contributed by atoms with E-state index in [4.69, 9.17) is 0 Å². The van der Waals surface area contributed by atoms with Gasteiger partial charge in [0.05, 0.1) is 5.69 Å². The lowest BCUT2D eigenvalue weighted by Gasteiger charge is -2.26. The van der Waals surface area contributed by atoms with E-state index in [0.717, 1.165) is 4.31 Å². The average Bonchev–Trinajstić information content (AvgIpc) is 2.67. The standard InChI is InChI=1S/C12H13N3O5S/c1-14-3-2-7-4-10(16)9(5-8(7)12(14)18)15-6-11(17)13-21(15,19)20/h4-5,16H,2-3,6H2,1H3,(H,13,17). The summed E-state index contributed by atoms with van der Waals surface area (Å²) in [6, 6.07) is 2.70. The van der Waals surface area contributed by atoms with Gasteiger partial charge < -0.3 is 10.0 Å².